The number of benzene rings is 1. The SMILES string of the molecule is CC(C)(C)OC(=O)N1CCC(C#N)CC1Cc1ccccc1. The Morgan fingerprint density at radius 3 is 2.64 bits per heavy atom. The molecule has 2 unspecified atom stereocenters. The van der Waals surface area contributed by atoms with Crippen LogP contribution in [0, 0.1) is 17.2 Å². The lowest BCUT2D eigenvalue weighted by Gasteiger charge is -2.38. The minimum Gasteiger partial charge on any atom is -0.444 e. The minimum atomic E-state index is -0.500. The van der Waals surface area contributed by atoms with E-state index >= 15 is 0 Å². The highest BCUT2D eigenvalue weighted by Gasteiger charge is 2.34. The van der Waals surface area contributed by atoms with E-state index in [2.05, 4.69) is 18.2 Å². The van der Waals surface area contributed by atoms with Gasteiger partial charge in [-0.2, -0.15) is 5.26 Å². The van der Waals surface area contributed by atoms with Gasteiger partial charge >= 0.3 is 6.09 Å². The van der Waals surface area contributed by atoms with Gasteiger partial charge in [0.25, 0.3) is 0 Å². The Bertz CT molecular complexity index is 542. The molecule has 1 aliphatic rings. The van der Waals surface area contributed by atoms with Gasteiger partial charge in [-0.15, -0.1) is 0 Å². The molecule has 1 heterocycles. The predicted molar refractivity (Wildman–Crippen MR) is 85.2 cm³/mol. The molecule has 118 valence electrons. The standard InChI is InChI=1S/C18H24N2O2/c1-18(2,3)22-17(21)20-10-9-15(13-19)12-16(20)11-14-7-5-4-6-8-14/h4-8,15-16H,9-12H2,1-3H3. The monoisotopic (exact) mass is 300 g/mol. The van der Waals surface area contributed by atoms with Gasteiger partial charge < -0.3 is 9.64 Å². The normalized spacial score (nSPS) is 22.0. The average molecular weight is 300 g/mol. The van der Waals surface area contributed by atoms with Gasteiger partial charge in [-0.05, 0) is 45.6 Å². The fourth-order valence-electron chi connectivity index (χ4n) is 2.81. The number of nitriles is 1. The maximum Gasteiger partial charge on any atom is 0.410 e. The molecule has 4 heteroatoms. The van der Waals surface area contributed by atoms with Gasteiger partial charge in [0, 0.05) is 18.5 Å². The molecule has 0 radical (unpaired) electrons. The summed E-state index contributed by atoms with van der Waals surface area (Å²) in [7, 11) is 0. The summed E-state index contributed by atoms with van der Waals surface area (Å²) >= 11 is 0. The summed E-state index contributed by atoms with van der Waals surface area (Å²) in [5, 5.41) is 9.20. The van der Waals surface area contributed by atoms with Crippen LogP contribution in [0.5, 0.6) is 0 Å². The van der Waals surface area contributed by atoms with Crippen molar-refractivity contribution in [2.24, 2.45) is 5.92 Å². The number of hydrogen-bond donors (Lipinski definition) is 0. The number of nitrogens with zero attached hydrogens (tertiary/aromatic N) is 2. The van der Waals surface area contributed by atoms with Gasteiger partial charge in [-0.3, -0.25) is 0 Å². The number of ether oxygens (including phenoxy) is 1. The third-order valence-corrected chi connectivity index (χ3v) is 3.84. The fourth-order valence-corrected chi connectivity index (χ4v) is 2.81. The van der Waals surface area contributed by atoms with Gasteiger partial charge in [0.15, 0.2) is 0 Å². The van der Waals surface area contributed by atoms with Crippen LogP contribution in [-0.2, 0) is 11.2 Å². The quantitative estimate of drug-likeness (QED) is 0.835. The minimum absolute atomic E-state index is 0.0207. The van der Waals surface area contributed by atoms with E-state index in [9.17, 15) is 10.1 Å². The van der Waals surface area contributed by atoms with E-state index in [1.54, 1.807) is 4.90 Å². The second-order valence-corrected chi connectivity index (χ2v) is 6.87. The molecular formula is C18H24N2O2. The van der Waals surface area contributed by atoms with Crippen molar-refractivity contribution in [3.8, 4) is 6.07 Å². The molecule has 1 fully saturated rings. The van der Waals surface area contributed by atoms with E-state index in [1.165, 1.54) is 5.56 Å². The summed E-state index contributed by atoms with van der Waals surface area (Å²) in [6.07, 6.45) is 1.93. The van der Waals surface area contributed by atoms with Crippen LogP contribution in [0.4, 0.5) is 4.79 Å². The molecule has 1 saturated heterocycles. The number of piperidine rings is 1. The maximum atomic E-state index is 12.4. The molecule has 22 heavy (non-hydrogen) atoms. The van der Waals surface area contributed by atoms with E-state index < -0.39 is 5.60 Å². The van der Waals surface area contributed by atoms with Crippen molar-refractivity contribution in [1.82, 2.24) is 4.90 Å². The fraction of sp³-hybridized carbons (Fsp3) is 0.556. The zero-order valence-corrected chi connectivity index (χ0v) is 13.6. The van der Waals surface area contributed by atoms with Crippen LogP contribution in [0.3, 0.4) is 0 Å². The second-order valence-electron chi connectivity index (χ2n) is 6.87. The number of amides is 1. The van der Waals surface area contributed by atoms with E-state index in [-0.39, 0.29) is 18.1 Å². The van der Waals surface area contributed by atoms with Crippen molar-refractivity contribution in [2.75, 3.05) is 6.54 Å². The van der Waals surface area contributed by atoms with Crippen LogP contribution in [0.15, 0.2) is 30.3 Å². The second kappa shape index (κ2) is 6.83. The first-order chi connectivity index (χ1) is 10.4. The molecule has 4 nitrogen and oxygen atoms in total. The van der Waals surface area contributed by atoms with Gasteiger partial charge in [0.05, 0.1) is 6.07 Å². The predicted octanol–water partition coefficient (Wildman–Crippen LogP) is 3.77. The Morgan fingerprint density at radius 2 is 2.05 bits per heavy atom. The highest BCUT2D eigenvalue weighted by molar-refractivity contribution is 5.68. The van der Waals surface area contributed by atoms with Crippen LogP contribution in [0.1, 0.15) is 39.2 Å². The van der Waals surface area contributed by atoms with Crippen molar-refractivity contribution in [3.05, 3.63) is 35.9 Å². The number of rotatable bonds is 2. The lowest BCUT2D eigenvalue weighted by molar-refractivity contribution is 0.00716. The summed E-state index contributed by atoms with van der Waals surface area (Å²) < 4.78 is 5.52. The third-order valence-electron chi connectivity index (χ3n) is 3.84. The first kappa shape index (κ1) is 16.4. The van der Waals surface area contributed by atoms with Crippen molar-refractivity contribution in [3.63, 3.8) is 0 Å². The zero-order chi connectivity index (χ0) is 16.2. The van der Waals surface area contributed by atoms with Crippen molar-refractivity contribution in [2.45, 2.75) is 51.7 Å². The van der Waals surface area contributed by atoms with Crippen LogP contribution in [0.2, 0.25) is 0 Å². The van der Waals surface area contributed by atoms with Gasteiger partial charge in [-0.25, -0.2) is 4.79 Å². The molecule has 2 atom stereocenters. The highest BCUT2D eigenvalue weighted by atomic mass is 16.6. The van der Waals surface area contributed by atoms with Crippen molar-refractivity contribution in [1.29, 1.82) is 5.26 Å². The summed E-state index contributed by atoms with van der Waals surface area (Å²) in [6.45, 7) is 6.21. The molecule has 2 rings (SSSR count). The summed E-state index contributed by atoms with van der Waals surface area (Å²) in [4.78, 5) is 14.2. The first-order valence-electron chi connectivity index (χ1n) is 7.82. The topological polar surface area (TPSA) is 53.3 Å². The zero-order valence-electron chi connectivity index (χ0n) is 13.6. The third kappa shape index (κ3) is 4.49. The molecule has 0 aromatic heterocycles. The molecular weight excluding hydrogens is 276 g/mol. The summed E-state index contributed by atoms with van der Waals surface area (Å²) in [5.74, 6) is 0.0207. The Hall–Kier alpha value is -2.02. The molecule has 0 bridgehead atoms. The molecule has 0 N–H and O–H groups in total. The van der Waals surface area contributed by atoms with E-state index in [4.69, 9.17) is 4.74 Å². The number of carbonyl (C=O) groups is 1. The Kier molecular flexibility index (Phi) is 5.07. The largest absolute Gasteiger partial charge is 0.444 e. The lowest BCUT2D eigenvalue weighted by atomic mass is 9.89. The number of likely N-dealkylation sites (tertiary alicyclic amines) is 1. The summed E-state index contributed by atoms with van der Waals surface area (Å²) in [6, 6.07) is 12.5. The molecule has 0 saturated carbocycles. The molecule has 1 amide bonds. The highest BCUT2D eigenvalue weighted by Crippen LogP contribution is 2.26. The van der Waals surface area contributed by atoms with Gasteiger partial charge in [-0.1, -0.05) is 30.3 Å². The average Bonchev–Trinajstić information content (AvgIpc) is 2.46. The van der Waals surface area contributed by atoms with Crippen molar-refractivity contribution < 1.29 is 9.53 Å². The van der Waals surface area contributed by atoms with Crippen LogP contribution in [-0.4, -0.2) is 29.2 Å². The smallest absolute Gasteiger partial charge is 0.410 e. The van der Waals surface area contributed by atoms with Crippen molar-refractivity contribution >= 4 is 6.09 Å². The molecule has 1 aliphatic heterocycles. The Labute approximate surface area is 132 Å². The Balaban J connectivity index is 2.12. The van der Waals surface area contributed by atoms with Crippen LogP contribution < -0.4 is 0 Å². The van der Waals surface area contributed by atoms with Gasteiger partial charge in [0.1, 0.15) is 5.60 Å². The maximum absolute atomic E-state index is 12.4. The molecule has 0 aliphatic carbocycles. The molecule has 1 aromatic rings. The molecule has 0 spiro atoms. The van der Waals surface area contributed by atoms with Crippen LogP contribution >= 0.6 is 0 Å². The summed E-state index contributed by atoms with van der Waals surface area (Å²) in [5.41, 5.74) is 0.681. The first-order valence-corrected chi connectivity index (χ1v) is 7.82. The van der Waals surface area contributed by atoms with Crippen LogP contribution in [0.25, 0.3) is 0 Å². The number of carbonyl (C=O) groups excluding carboxylic acids is 1. The van der Waals surface area contributed by atoms with E-state index in [0.717, 1.165) is 12.8 Å². The lowest BCUT2D eigenvalue weighted by Crippen LogP contribution is -2.48. The molecule has 1 aromatic carbocycles. The van der Waals surface area contributed by atoms with E-state index in [0.29, 0.717) is 13.0 Å². The Morgan fingerprint density at radius 1 is 1.36 bits per heavy atom. The number of hydrogen-bond acceptors (Lipinski definition) is 3. The van der Waals surface area contributed by atoms with Gasteiger partial charge in [0.2, 0.25) is 0 Å². The van der Waals surface area contributed by atoms with E-state index in [1.807, 2.05) is 39.0 Å².